The minimum absolute atomic E-state index is 0.0191. The maximum absolute atomic E-state index is 13.3. The Hall–Kier alpha value is -3.98. The molecule has 0 heterocycles. The summed E-state index contributed by atoms with van der Waals surface area (Å²) in [6, 6.07) is 16.7. The van der Waals surface area contributed by atoms with Crippen LogP contribution in [0.25, 0.3) is 6.08 Å². The first kappa shape index (κ1) is 23.7. The van der Waals surface area contributed by atoms with Crippen LogP contribution in [0, 0.1) is 6.92 Å². The standard InChI is InChI=1S/C24H23NO7S/c1-16-8-11-18(12-9-16)32-20-7-5-4-6-19(20)25-33(28,29)22-15-17(10-13-23(26)27)14-21(30-2)24(22)31-3/h4-15,25H,1-3H3,(H,26,27)/b13-10+. The highest BCUT2D eigenvalue weighted by Gasteiger charge is 2.25. The molecule has 0 amide bonds. The molecule has 8 nitrogen and oxygen atoms in total. The van der Waals surface area contributed by atoms with Gasteiger partial charge in [-0.15, -0.1) is 0 Å². The van der Waals surface area contributed by atoms with Crippen molar-refractivity contribution in [2.45, 2.75) is 11.8 Å². The molecule has 3 aromatic rings. The molecule has 0 fully saturated rings. The summed E-state index contributed by atoms with van der Waals surface area (Å²) in [5, 5.41) is 8.91. The average Bonchev–Trinajstić information content (AvgIpc) is 2.79. The Morgan fingerprint density at radius 2 is 1.67 bits per heavy atom. The molecule has 0 aliphatic heterocycles. The summed E-state index contributed by atoms with van der Waals surface area (Å²) in [6.45, 7) is 1.95. The molecule has 172 valence electrons. The van der Waals surface area contributed by atoms with Crippen LogP contribution in [0.5, 0.6) is 23.0 Å². The van der Waals surface area contributed by atoms with Crippen LogP contribution in [0.15, 0.2) is 71.6 Å². The monoisotopic (exact) mass is 469 g/mol. The van der Waals surface area contributed by atoms with Crippen LogP contribution in [-0.4, -0.2) is 33.7 Å². The van der Waals surface area contributed by atoms with Crippen molar-refractivity contribution >= 4 is 27.8 Å². The number of aliphatic carboxylic acids is 1. The molecule has 0 unspecified atom stereocenters. The Morgan fingerprint density at radius 3 is 2.30 bits per heavy atom. The first-order valence-corrected chi connectivity index (χ1v) is 11.2. The van der Waals surface area contributed by atoms with Crippen molar-refractivity contribution < 1.29 is 32.5 Å². The van der Waals surface area contributed by atoms with Crippen LogP contribution in [0.4, 0.5) is 5.69 Å². The Bertz CT molecular complexity index is 1280. The minimum Gasteiger partial charge on any atom is -0.493 e. The highest BCUT2D eigenvalue weighted by atomic mass is 32.2. The number of benzene rings is 3. The largest absolute Gasteiger partial charge is 0.493 e. The predicted molar refractivity (Wildman–Crippen MR) is 125 cm³/mol. The lowest BCUT2D eigenvalue weighted by Gasteiger charge is -2.17. The Labute approximate surface area is 192 Å². The SMILES string of the molecule is COc1cc(/C=C/C(=O)O)cc(S(=O)(=O)Nc2ccccc2Oc2ccc(C)cc2)c1OC. The van der Waals surface area contributed by atoms with E-state index >= 15 is 0 Å². The van der Waals surface area contributed by atoms with Gasteiger partial charge in [0.1, 0.15) is 10.6 Å². The van der Waals surface area contributed by atoms with E-state index in [1.54, 1.807) is 36.4 Å². The first-order chi connectivity index (χ1) is 15.7. The van der Waals surface area contributed by atoms with Crippen molar-refractivity contribution in [2.75, 3.05) is 18.9 Å². The van der Waals surface area contributed by atoms with E-state index in [1.165, 1.54) is 32.4 Å². The van der Waals surface area contributed by atoms with E-state index in [2.05, 4.69) is 4.72 Å². The predicted octanol–water partition coefficient (Wildman–Crippen LogP) is 4.70. The average molecular weight is 470 g/mol. The molecule has 0 aliphatic carbocycles. The van der Waals surface area contributed by atoms with Gasteiger partial charge in [-0.25, -0.2) is 13.2 Å². The second kappa shape index (κ2) is 10.1. The third-order valence-electron chi connectivity index (χ3n) is 4.56. The first-order valence-electron chi connectivity index (χ1n) is 9.77. The van der Waals surface area contributed by atoms with Gasteiger partial charge >= 0.3 is 5.97 Å². The van der Waals surface area contributed by atoms with Crippen molar-refractivity contribution in [3.05, 3.63) is 77.9 Å². The smallest absolute Gasteiger partial charge is 0.328 e. The van der Waals surface area contributed by atoms with E-state index in [0.29, 0.717) is 17.1 Å². The van der Waals surface area contributed by atoms with Gasteiger partial charge in [0.15, 0.2) is 17.2 Å². The molecule has 0 atom stereocenters. The van der Waals surface area contributed by atoms with Crippen LogP contribution < -0.4 is 18.9 Å². The second-order valence-corrected chi connectivity index (χ2v) is 8.59. The van der Waals surface area contributed by atoms with E-state index in [9.17, 15) is 13.2 Å². The highest BCUT2D eigenvalue weighted by Crippen LogP contribution is 2.38. The lowest BCUT2D eigenvalue weighted by atomic mass is 10.2. The quantitative estimate of drug-likeness (QED) is 0.437. The molecule has 0 radical (unpaired) electrons. The lowest BCUT2D eigenvalue weighted by molar-refractivity contribution is -0.131. The zero-order chi connectivity index (χ0) is 24.0. The summed E-state index contributed by atoms with van der Waals surface area (Å²) in [5.74, 6) is -0.205. The molecule has 0 saturated heterocycles. The summed E-state index contributed by atoms with van der Waals surface area (Å²) in [6.07, 6.45) is 2.16. The molecule has 2 N–H and O–H groups in total. The highest BCUT2D eigenvalue weighted by molar-refractivity contribution is 7.92. The number of rotatable bonds is 9. The third kappa shape index (κ3) is 5.83. The number of carboxylic acids is 1. The number of aryl methyl sites for hydroxylation is 1. The summed E-state index contributed by atoms with van der Waals surface area (Å²) in [5.41, 5.74) is 1.58. The number of hydrogen-bond donors (Lipinski definition) is 2. The molecule has 0 aliphatic rings. The van der Waals surface area contributed by atoms with E-state index in [1.807, 2.05) is 19.1 Å². The molecule has 0 bridgehead atoms. The van der Waals surface area contributed by atoms with Gasteiger partial charge in [0.05, 0.1) is 19.9 Å². The van der Waals surface area contributed by atoms with Gasteiger partial charge in [-0.2, -0.15) is 0 Å². The van der Waals surface area contributed by atoms with Crippen LogP contribution in [-0.2, 0) is 14.8 Å². The normalized spacial score (nSPS) is 11.2. The maximum Gasteiger partial charge on any atom is 0.328 e. The van der Waals surface area contributed by atoms with Gasteiger partial charge in [0, 0.05) is 6.08 Å². The lowest BCUT2D eigenvalue weighted by Crippen LogP contribution is -2.15. The second-order valence-electron chi connectivity index (χ2n) is 6.94. The molecule has 0 spiro atoms. The zero-order valence-electron chi connectivity index (χ0n) is 18.2. The Kier molecular flexibility index (Phi) is 7.24. The number of sulfonamides is 1. The number of carboxylic acid groups (broad SMARTS) is 1. The molecule has 3 rings (SSSR count). The van der Waals surface area contributed by atoms with E-state index in [0.717, 1.165) is 11.6 Å². The molecule has 9 heteroatoms. The number of carbonyl (C=O) groups is 1. The van der Waals surface area contributed by atoms with Gasteiger partial charge < -0.3 is 19.3 Å². The molecular weight excluding hydrogens is 446 g/mol. The maximum atomic E-state index is 13.3. The van der Waals surface area contributed by atoms with Crippen molar-refractivity contribution in [3.8, 4) is 23.0 Å². The van der Waals surface area contributed by atoms with Crippen LogP contribution in [0.3, 0.4) is 0 Å². The fourth-order valence-corrected chi connectivity index (χ4v) is 4.27. The number of hydrogen-bond acceptors (Lipinski definition) is 6. The molecule has 0 saturated carbocycles. The fraction of sp³-hybridized carbons (Fsp3) is 0.125. The van der Waals surface area contributed by atoms with Gasteiger partial charge in [-0.05, 0) is 55.0 Å². The third-order valence-corrected chi connectivity index (χ3v) is 5.93. The fourth-order valence-electron chi connectivity index (χ4n) is 2.99. The van der Waals surface area contributed by atoms with E-state index in [4.69, 9.17) is 19.3 Å². The molecule has 33 heavy (non-hydrogen) atoms. The summed E-state index contributed by atoms with van der Waals surface area (Å²) < 4.78 is 45.6. The zero-order valence-corrected chi connectivity index (χ0v) is 19.0. The number of anilines is 1. The number of para-hydroxylation sites is 2. The van der Waals surface area contributed by atoms with Crippen molar-refractivity contribution in [1.82, 2.24) is 0 Å². The van der Waals surface area contributed by atoms with E-state index < -0.39 is 16.0 Å². The van der Waals surface area contributed by atoms with Gasteiger partial charge in [0.25, 0.3) is 10.0 Å². The molecular formula is C24H23NO7S. The number of ether oxygens (including phenoxy) is 3. The number of methoxy groups -OCH3 is 2. The van der Waals surface area contributed by atoms with Gasteiger partial charge in [0.2, 0.25) is 0 Å². The molecule has 3 aromatic carbocycles. The van der Waals surface area contributed by atoms with Crippen molar-refractivity contribution in [3.63, 3.8) is 0 Å². The van der Waals surface area contributed by atoms with Crippen LogP contribution in [0.2, 0.25) is 0 Å². The summed E-state index contributed by atoms with van der Waals surface area (Å²) in [4.78, 5) is 10.7. The van der Waals surface area contributed by atoms with Crippen LogP contribution >= 0.6 is 0 Å². The van der Waals surface area contributed by atoms with Gasteiger partial charge in [-0.3, -0.25) is 4.72 Å². The topological polar surface area (TPSA) is 111 Å². The van der Waals surface area contributed by atoms with E-state index in [-0.39, 0.29) is 22.1 Å². The Balaban J connectivity index is 2.02. The minimum atomic E-state index is -4.19. The summed E-state index contributed by atoms with van der Waals surface area (Å²) >= 11 is 0. The van der Waals surface area contributed by atoms with Crippen LogP contribution in [0.1, 0.15) is 11.1 Å². The Morgan fingerprint density at radius 1 is 0.970 bits per heavy atom. The number of nitrogens with one attached hydrogen (secondary N) is 1. The summed E-state index contributed by atoms with van der Waals surface area (Å²) in [7, 11) is -1.51. The van der Waals surface area contributed by atoms with Crippen molar-refractivity contribution in [2.24, 2.45) is 0 Å². The molecule has 0 aromatic heterocycles. The van der Waals surface area contributed by atoms with Gasteiger partial charge in [-0.1, -0.05) is 29.8 Å². The van der Waals surface area contributed by atoms with Crippen molar-refractivity contribution in [1.29, 1.82) is 0 Å².